The Kier molecular flexibility index (Phi) is 5.41. The van der Waals surface area contributed by atoms with Gasteiger partial charge in [0, 0.05) is 35.7 Å². The van der Waals surface area contributed by atoms with Crippen LogP contribution in [0.3, 0.4) is 0 Å². The molecule has 3 saturated heterocycles. The molecule has 0 aromatic rings. The van der Waals surface area contributed by atoms with Crippen molar-refractivity contribution >= 4 is 29.5 Å². The minimum absolute atomic E-state index is 0.0615. The third kappa shape index (κ3) is 3.27. The molecular formula is C20H29N3O5S. The van der Waals surface area contributed by atoms with Crippen LogP contribution in [-0.2, 0) is 14.4 Å². The maximum Gasteiger partial charge on any atom is 0.353 e. The van der Waals surface area contributed by atoms with Crippen LogP contribution in [0.1, 0.15) is 33.1 Å². The molecule has 2 amide bonds. The Morgan fingerprint density at radius 3 is 2.48 bits per heavy atom. The quantitative estimate of drug-likeness (QED) is 0.624. The van der Waals surface area contributed by atoms with Crippen molar-refractivity contribution < 1.29 is 24.6 Å². The summed E-state index contributed by atoms with van der Waals surface area (Å²) < 4.78 is 0. The van der Waals surface area contributed by atoms with Gasteiger partial charge >= 0.3 is 5.97 Å². The van der Waals surface area contributed by atoms with Gasteiger partial charge in [0.05, 0.1) is 24.1 Å². The van der Waals surface area contributed by atoms with Crippen LogP contribution >= 0.6 is 11.8 Å². The number of β-lactam (4-membered cyclic amide) rings is 1. The summed E-state index contributed by atoms with van der Waals surface area (Å²) in [4.78, 5) is 43.3. The molecule has 3 fully saturated rings. The number of hydrogen-bond acceptors (Lipinski definition) is 6. The zero-order chi connectivity index (χ0) is 21.0. The number of carbonyl (C=O) groups is 3. The molecule has 1 unspecified atom stereocenters. The number of aliphatic hydroxyl groups is 1. The number of nitrogens with zero attached hydrogens (tertiary/aromatic N) is 3. The third-order valence-corrected chi connectivity index (χ3v) is 8.31. The van der Waals surface area contributed by atoms with Crippen molar-refractivity contribution in [2.24, 2.45) is 11.8 Å². The molecule has 4 aliphatic rings. The SMILES string of the molecule is C[C@H]1C(S[C@H]2C[C@@H](C(=O)N3CCCC3)N(C)C2)=C(C(=O)O)N2C(=O)[C@H]([C@@H](C)O)C12. The van der Waals surface area contributed by atoms with E-state index in [1.165, 1.54) is 16.7 Å². The number of thioether (sulfide) groups is 1. The molecule has 4 heterocycles. The van der Waals surface area contributed by atoms with E-state index in [0.717, 1.165) is 25.9 Å². The van der Waals surface area contributed by atoms with Gasteiger partial charge in [-0.25, -0.2) is 4.79 Å². The molecule has 4 rings (SSSR count). The fourth-order valence-electron chi connectivity index (χ4n) is 5.33. The molecule has 0 radical (unpaired) electrons. The van der Waals surface area contributed by atoms with E-state index in [4.69, 9.17) is 0 Å². The maximum absolute atomic E-state index is 12.8. The number of hydrogen-bond donors (Lipinski definition) is 2. The van der Waals surface area contributed by atoms with E-state index < -0.39 is 18.0 Å². The van der Waals surface area contributed by atoms with Gasteiger partial charge in [0.15, 0.2) is 0 Å². The molecule has 0 spiro atoms. The number of likely N-dealkylation sites (N-methyl/N-ethyl adjacent to an activating group) is 1. The van der Waals surface area contributed by atoms with Crippen molar-refractivity contribution in [1.82, 2.24) is 14.7 Å². The molecule has 6 atom stereocenters. The maximum atomic E-state index is 12.8. The number of likely N-dealkylation sites (tertiary alicyclic amines) is 2. The van der Waals surface area contributed by atoms with Crippen molar-refractivity contribution in [1.29, 1.82) is 0 Å². The van der Waals surface area contributed by atoms with Gasteiger partial charge < -0.3 is 20.0 Å². The molecule has 9 heteroatoms. The standard InChI is InChI=1S/C20H29N3O5S/c1-10-15-14(11(2)24)19(26)23(15)16(20(27)28)17(10)29-12-8-13(21(3)9-12)18(25)22-6-4-5-7-22/h10-15,24H,4-9H2,1-3H3,(H,27,28)/t10-,11-,12+,13+,14-,15?/m1/s1. The third-order valence-electron chi connectivity index (χ3n) is 6.82. The highest BCUT2D eigenvalue weighted by atomic mass is 32.2. The first-order valence-corrected chi connectivity index (χ1v) is 11.2. The number of carboxylic acids is 1. The molecule has 0 bridgehead atoms. The van der Waals surface area contributed by atoms with Crippen LogP contribution in [0.4, 0.5) is 0 Å². The molecule has 0 aliphatic carbocycles. The van der Waals surface area contributed by atoms with Crippen molar-refractivity contribution in [3.63, 3.8) is 0 Å². The van der Waals surface area contributed by atoms with Crippen LogP contribution < -0.4 is 0 Å². The molecule has 0 aromatic heterocycles. The number of aliphatic carboxylic acids is 1. The summed E-state index contributed by atoms with van der Waals surface area (Å²) in [7, 11) is 1.95. The van der Waals surface area contributed by atoms with Crippen molar-refractivity contribution in [2.75, 3.05) is 26.7 Å². The lowest BCUT2D eigenvalue weighted by Gasteiger charge is -2.46. The summed E-state index contributed by atoms with van der Waals surface area (Å²) >= 11 is 1.50. The largest absolute Gasteiger partial charge is 0.477 e. The van der Waals surface area contributed by atoms with Gasteiger partial charge in [-0.3, -0.25) is 14.5 Å². The average Bonchev–Trinajstić information content (AvgIpc) is 3.34. The highest BCUT2D eigenvalue weighted by molar-refractivity contribution is 8.03. The fourth-order valence-corrected chi connectivity index (χ4v) is 6.93. The Morgan fingerprint density at radius 2 is 1.90 bits per heavy atom. The summed E-state index contributed by atoms with van der Waals surface area (Å²) in [5.74, 6) is -1.92. The van der Waals surface area contributed by atoms with Gasteiger partial charge in [-0.1, -0.05) is 6.92 Å². The van der Waals surface area contributed by atoms with Crippen LogP contribution in [0, 0.1) is 11.8 Å². The monoisotopic (exact) mass is 423 g/mol. The van der Waals surface area contributed by atoms with Gasteiger partial charge in [0.2, 0.25) is 11.8 Å². The number of carbonyl (C=O) groups excluding carboxylic acids is 2. The fraction of sp³-hybridized carbons (Fsp3) is 0.750. The minimum Gasteiger partial charge on any atom is -0.477 e. The van der Waals surface area contributed by atoms with Gasteiger partial charge in [-0.15, -0.1) is 11.8 Å². The molecule has 0 saturated carbocycles. The van der Waals surface area contributed by atoms with Gasteiger partial charge in [-0.05, 0) is 33.2 Å². The highest BCUT2D eigenvalue weighted by Gasteiger charge is 2.60. The summed E-state index contributed by atoms with van der Waals surface area (Å²) in [6, 6.07) is -0.461. The van der Waals surface area contributed by atoms with Gasteiger partial charge in [-0.2, -0.15) is 0 Å². The number of aliphatic hydroxyl groups excluding tert-OH is 1. The Morgan fingerprint density at radius 1 is 1.24 bits per heavy atom. The van der Waals surface area contributed by atoms with Crippen molar-refractivity contribution in [2.45, 2.75) is 56.5 Å². The van der Waals surface area contributed by atoms with E-state index in [2.05, 4.69) is 4.90 Å². The van der Waals surface area contributed by atoms with Crippen LogP contribution in [0.2, 0.25) is 0 Å². The van der Waals surface area contributed by atoms with Crippen LogP contribution in [0.15, 0.2) is 10.6 Å². The number of rotatable bonds is 5. The van der Waals surface area contributed by atoms with Gasteiger partial charge in [0.1, 0.15) is 5.70 Å². The van der Waals surface area contributed by atoms with Crippen LogP contribution in [0.5, 0.6) is 0 Å². The first-order chi connectivity index (χ1) is 13.7. The Balaban J connectivity index is 1.51. The first kappa shape index (κ1) is 20.7. The highest BCUT2D eigenvalue weighted by Crippen LogP contribution is 2.52. The average molecular weight is 424 g/mol. The Hall–Kier alpha value is -1.58. The molecule has 0 aromatic carbocycles. The number of fused-ring (bicyclic) bond motifs is 1. The molecular weight excluding hydrogens is 394 g/mol. The van der Waals surface area contributed by atoms with Crippen LogP contribution in [0.25, 0.3) is 0 Å². The molecule has 4 aliphatic heterocycles. The summed E-state index contributed by atoms with van der Waals surface area (Å²) in [6.45, 7) is 5.87. The lowest BCUT2D eigenvalue weighted by molar-refractivity contribution is -0.163. The second kappa shape index (κ2) is 7.59. The molecule has 8 nitrogen and oxygen atoms in total. The lowest BCUT2D eigenvalue weighted by atomic mass is 9.79. The zero-order valence-electron chi connectivity index (χ0n) is 17.1. The first-order valence-electron chi connectivity index (χ1n) is 10.4. The van der Waals surface area contributed by atoms with E-state index in [1.807, 2.05) is 18.9 Å². The van der Waals surface area contributed by atoms with Crippen molar-refractivity contribution in [3.05, 3.63) is 10.6 Å². The number of carboxylic acid groups (broad SMARTS) is 1. The molecule has 160 valence electrons. The molecule has 29 heavy (non-hydrogen) atoms. The summed E-state index contributed by atoms with van der Waals surface area (Å²) in [6.07, 6.45) is 1.99. The van der Waals surface area contributed by atoms with Crippen molar-refractivity contribution in [3.8, 4) is 0 Å². The van der Waals surface area contributed by atoms with Crippen LogP contribution in [-0.4, -0.2) is 92.8 Å². The van der Waals surface area contributed by atoms with E-state index >= 15 is 0 Å². The van der Waals surface area contributed by atoms with E-state index in [1.54, 1.807) is 6.92 Å². The summed E-state index contributed by atoms with van der Waals surface area (Å²) in [5, 5.41) is 19.8. The van der Waals surface area contributed by atoms with E-state index in [-0.39, 0.29) is 40.8 Å². The predicted octanol–water partition coefficient (Wildman–Crippen LogP) is 0.568. The van der Waals surface area contributed by atoms with E-state index in [0.29, 0.717) is 17.9 Å². The normalized spacial score (nSPS) is 35.9. The second-order valence-electron chi connectivity index (χ2n) is 8.74. The smallest absolute Gasteiger partial charge is 0.353 e. The van der Waals surface area contributed by atoms with E-state index in [9.17, 15) is 24.6 Å². The Bertz CT molecular complexity index is 763. The Labute approximate surface area is 174 Å². The molecule has 2 N–H and O–H groups in total. The summed E-state index contributed by atoms with van der Waals surface area (Å²) in [5.41, 5.74) is 0.0615. The lowest BCUT2D eigenvalue weighted by Crippen LogP contribution is -2.63. The number of amides is 2. The predicted molar refractivity (Wildman–Crippen MR) is 108 cm³/mol. The topological polar surface area (TPSA) is 101 Å². The zero-order valence-corrected chi connectivity index (χ0v) is 17.9. The minimum atomic E-state index is -1.10. The van der Waals surface area contributed by atoms with Gasteiger partial charge in [0.25, 0.3) is 0 Å². The second-order valence-corrected chi connectivity index (χ2v) is 10.1.